The predicted octanol–water partition coefficient (Wildman–Crippen LogP) is 4.76. The predicted molar refractivity (Wildman–Crippen MR) is 120 cm³/mol. The number of nitrogens with zero attached hydrogens (tertiary/aromatic N) is 1. The minimum Gasteiger partial charge on any atom is -0.466 e. The lowest BCUT2D eigenvalue weighted by atomic mass is 9.96. The van der Waals surface area contributed by atoms with Crippen LogP contribution < -0.4 is 10.6 Å². The smallest absolute Gasteiger partial charge is 0.315 e. The number of benzene rings is 2. The molecule has 5 heteroatoms. The van der Waals surface area contributed by atoms with E-state index in [-0.39, 0.29) is 6.03 Å². The highest BCUT2D eigenvalue weighted by atomic mass is 16.3. The second-order valence-electron chi connectivity index (χ2n) is 8.36. The zero-order valence-electron chi connectivity index (χ0n) is 17.9. The third-order valence-corrected chi connectivity index (χ3v) is 6.12. The van der Waals surface area contributed by atoms with E-state index in [1.54, 1.807) is 0 Å². The number of carbonyl (C=O) groups excluding carboxylic acids is 1. The van der Waals surface area contributed by atoms with Crippen LogP contribution in [-0.2, 0) is 13.1 Å². The minimum absolute atomic E-state index is 0.0881. The highest BCUT2D eigenvalue weighted by Gasteiger charge is 2.21. The Balaban J connectivity index is 1.19. The zero-order chi connectivity index (χ0) is 20.9. The molecule has 1 saturated heterocycles. The number of furan rings is 1. The average molecular weight is 406 g/mol. The third kappa shape index (κ3) is 5.03. The average Bonchev–Trinajstić information content (AvgIpc) is 3.08. The number of hydrogen-bond acceptors (Lipinski definition) is 3. The van der Waals surface area contributed by atoms with Gasteiger partial charge in [-0.1, -0.05) is 42.5 Å². The number of rotatable bonds is 6. The van der Waals surface area contributed by atoms with Gasteiger partial charge in [-0.2, -0.15) is 0 Å². The molecule has 0 saturated carbocycles. The first kappa shape index (κ1) is 20.5. The van der Waals surface area contributed by atoms with Gasteiger partial charge in [0.25, 0.3) is 0 Å². The van der Waals surface area contributed by atoms with E-state index in [9.17, 15) is 4.79 Å². The Kier molecular flexibility index (Phi) is 6.38. The molecule has 0 bridgehead atoms. The van der Waals surface area contributed by atoms with Crippen LogP contribution in [0, 0.1) is 19.8 Å². The van der Waals surface area contributed by atoms with Crippen molar-refractivity contribution < 1.29 is 9.21 Å². The van der Waals surface area contributed by atoms with Gasteiger partial charge in [0.05, 0.1) is 0 Å². The number of aryl methyl sites for hydroxylation is 2. The molecule has 1 aliphatic heterocycles. The van der Waals surface area contributed by atoms with Gasteiger partial charge >= 0.3 is 6.03 Å². The van der Waals surface area contributed by atoms with Crippen LogP contribution in [0.25, 0.3) is 10.8 Å². The van der Waals surface area contributed by atoms with Crippen molar-refractivity contribution in [3.8, 4) is 0 Å². The van der Waals surface area contributed by atoms with Crippen molar-refractivity contribution in [2.45, 2.75) is 39.8 Å². The van der Waals surface area contributed by atoms with Crippen LogP contribution in [0.5, 0.6) is 0 Å². The molecule has 2 aromatic carbocycles. The quantitative estimate of drug-likeness (QED) is 0.622. The summed E-state index contributed by atoms with van der Waals surface area (Å²) in [7, 11) is 0. The van der Waals surface area contributed by atoms with Crippen molar-refractivity contribution in [3.05, 3.63) is 71.2 Å². The summed E-state index contributed by atoms with van der Waals surface area (Å²) in [6, 6.07) is 16.5. The Bertz CT molecular complexity index is 997. The third-order valence-electron chi connectivity index (χ3n) is 6.12. The monoisotopic (exact) mass is 405 g/mol. The van der Waals surface area contributed by atoms with Crippen LogP contribution in [0.4, 0.5) is 4.79 Å². The fraction of sp³-hybridized carbons (Fsp3) is 0.400. The lowest BCUT2D eigenvalue weighted by molar-refractivity contribution is 0.174. The van der Waals surface area contributed by atoms with E-state index in [0.717, 1.165) is 56.1 Å². The minimum atomic E-state index is -0.0881. The molecule has 0 spiro atoms. The van der Waals surface area contributed by atoms with Gasteiger partial charge < -0.3 is 15.1 Å². The summed E-state index contributed by atoms with van der Waals surface area (Å²) in [5.41, 5.74) is 2.43. The van der Waals surface area contributed by atoms with E-state index in [1.807, 2.05) is 32.0 Å². The molecular formula is C25H31N3O2. The lowest BCUT2D eigenvalue weighted by Gasteiger charge is -2.31. The highest BCUT2D eigenvalue weighted by molar-refractivity contribution is 5.86. The number of hydrogen-bond donors (Lipinski definition) is 2. The summed E-state index contributed by atoms with van der Waals surface area (Å²) in [6.07, 6.45) is 2.22. The zero-order valence-corrected chi connectivity index (χ0v) is 17.9. The van der Waals surface area contributed by atoms with Crippen molar-refractivity contribution in [2.24, 2.45) is 5.92 Å². The Morgan fingerprint density at radius 1 is 1.03 bits per heavy atom. The number of likely N-dealkylation sites (tertiary alicyclic amines) is 1. The standard InChI is InChI=1S/C25H31N3O2/c1-18-14-23(19(2)30-18)17-28-12-10-20(11-13-28)15-26-25(29)27-16-22-8-5-7-21-6-3-4-9-24(21)22/h3-9,14,20H,10-13,15-17H2,1-2H3,(H2,26,27,29). The van der Waals surface area contributed by atoms with E-state index >= 15 is 0 Å². The molecule has 158 valence electrons. The molecule has 2 heterocycles. The first-order valence-corrected chi connectivity index (χ1v) is 10.8. The molecule has 4 rings (SSSR count). The maximum atomic E-state index is 12.3. The Morgan fingerprint density at radius 2 is 1.80 bits per heavy atom. The molecule has 0 atom stereocenters. The molecule has 2 amide bonds. The van der Waals surface area contributed by atoms with Crippen LogP contribution in [0.2, 0.25) is 0 Å². The fourth-order valence-electron chi connectivity index (χ4n) is 4.35. The molecule has 1 aliphatic rings. The maximum absolute atomic E-state index is 12.3. The van der Waals surface area contributed by atoms with Gasteiger partial charge in [0.1, 0.15) is 11.5 Å². The fourth-order valence-corrected chi connectivity index (χ4v) is 4.35. The van der Waals surface area contributed by atoms with Crippen LogP contribution in [0.3, 0.4) is 0 Å². The van der Waals surface area contributed by atoms with E-state index in [1.165, 1.54) is 16.3 Å². The molecule has 2 N–H and O–H groups in total. The molecule has 30 heavy (non-hydrogen) atoms. The molecule has 1 fully saturated rings. The first-order chi connectivity index (χ1) is 14.6. The summed E-state index contributed by atoms with van der Waals surface area (Å²) >= 11 is 0. The number of amides is 2. The van der Waals surface area contributed by atoms with Gasteiger partial charge in [-0.3, -0.25) is 4.90 Å². The summed E-state index contributed by atoms with van der Waals surface area (Å²) in [5, 5.41) is 8.46. The van der Waals surface area contributed by atoms with E-state index in [4.69, 9.17) is 4.42 Å². The first-order valence-electron chi connectivity index (χ1n) is 10.8. The van der Waals surface area contributed by atoms with Gasteiger partial charge in [-0.05, 0) is 68.1 Å². The van der Waals surface area contributed by atoms with Gasteiger partial charge in [0.2, 0.25) is 0 Å². The van der Waals surface area contributed by atoms with Crippen molar-refractivity contribution in [3.63, 3.8) is 0 Å². The second kappa shape index (κ2) is 9.35. The Morgan fingerprint density at radius 3 is 2.57 bits per heavy atom. The normalized spacial score (nSPS) is 15.4. The maximum Gasteiger partial charge on any atom is 0.315 e. The van der Waals surface area contributed by atoms with Gasteiger partial charge in [0.15, 0.2) is 0 Å². The van der Waals surface area contributed by atoms with Crippen molar-refractivity contribution in [1.29, 1.82) is 0 Å². The van der Waals surface area contributed by atoms with Gasteiger partial charge in [-0.25, -0.2) is 4.79 Å². The molecule has 1 aromatic heterocycles. The number of carbonyl (C=O) groups is 1. The van der Waals surface area contributed by atoms with Gasteiger partial charge in [0, 0.05) is 25.2 Å². The van der Waals surface area contributed by atoms with Crippen LogP contribution in [0.15, 0.2) is 52.9 Å². The largest absolute Gasteiger partial charge is 0.466 e. The summed E-state index contributed by atoms with van der Waals surface area (Å²) < 4.78 is 5.64. The summed E-state index contributed by atoms with van der Waals surface area (Å²) in [4.78, 5) is 14.8. The topological polar surface area (TPSA) is 57.5 Å². The molecule has 0 radical (unpaired) electrons. The highest BCUT2D eigenvalue weighted by Crippen LogP contribution is 2.21. The number of piperidine rings is 1. The van der Waals surface area contributed by atoms with Crippen molar-refractivity contribution in [1.82, 2.24) is 15.5 Å². The van der Waals surface area contributed by atoms with E-state index in [2.05, 4.69) is 45.9 Å². The summed E-state index contributed by atoms with van der Waals surface area (Å²) in [5.74, 6) is 2.55. The number of urea groups is 1. The molecule has 0 aliphatic carbocycles. The molecule has 0 unspecified atom stereocenters. The molecule has 5 nitrogen and oxygen atoms in total. The Hall–Kier alpha value is -2.79. The number of nitrogens with one attached hydrogen (secondary N) is 2. The van der Waals surface area contributed by atoms with Crippen molar-refractivity contribution >= 4 is 16.8 Å². The molecular weight excluding hydrogens is 374 g/mol. The Labute approximate surface area is 178 Å². The SMILES string of the molecule is Cc1cc(CN2CCC(CNC(=O)NCc3cccc4ccccc34)CC2)c(C)o1. The van der Waals surface area contributed by atoms with Crippen LogP contribution in [-0.4, -0.2) is 30.6 Å². The lowest BCUT2D eigenvalue weighted by Crippen LogP contribution is -2.41. The van der Waals surface area contributed by atoms with E-state index in [0.29, 0.717) is 12.5 Å². The number of fused-ring (bicyclic) bond motifs is 1. The van der Waals surface area contributed by atoms with Crippen LogP contribution in [0.1, 0.15) is 35.5 Å². The van der Waals surface area contributed by atoms with Crippen molar-refractivity contribution in [2.75, 3.05) is 19.6 Å². The summed E-state index contributed by atoms with van der Waals surface area (Å²) in [6.45, 7) is 8.39. The molecule has 3 aromatic rings. The second-order valence-corrected chi connectivity index (χ2v) is 8.36. The van der Waals surface area contributed by atoms with E-state index < -0.39 is 0 Å². The van der Waals surface area contributed by atoms with Gasteiger partial charge in [-0.15, -0.1) is 0 Å². The van der Waals surface area contributed by atoms with Crippen LogP contribution >= 0.6 is 0 Å².